The lowest BCUT2D eigenvalue weighted by Crippen LogP contribution is -2.41. The molecule has 0 radical (unpaired) electrons. The number of aryl methyl sites for hydroxylation is 1. The molecule has 0 bridgehead atoms. The SMILES string of the molecule is COc1c([C@@H]2C[C@](C)(C(F)(F)F)O[C@H]2c2[nH]c(C)c(C(C)C)c(=O)c2C(C)C)ccc(F)c1F. The molecule has 3 rings (SSSR count). The topological polar surface area (TPSA) is 51.3 Å². The number of nitrogens with one attached hydrogen (secondary N) is 1. The fourth-order valence-electron chi connectivity index (χ4n) is 4.97. The minimum Gasteiger partial charge on any atom is -0.493 e. The zero-order valence-corrected chi connectivity index (χ0v) is 20.3. The molecule has 1 fully saturated rings. The van der Waals surface area contributed by atoms with Gasteiger partial charge in [-0.25, -0.2) is 4.39 Å². The zero-order valence-electron chi connectivity index (χ0n) is 20.3. The Morgan fingerprint density at radius 1 is 1.12 bits per heavy atom. The van der Waals surface area contributed by atoms with Crippen molar-refractivity contribution in [1.82, 2.24) is 4.98 Å². The molecular weight excluding hydrogens is 457 g/mol. The molecule has 34 heavy (non-hydrogen) atoms. The third-order valence-corrected chi connectivity index (χ3v) is 6.59. The molecular formula is C25H30F5NO3. The molecule has 0 aliphatic carbocycles. The lowest BCUT2D eigenvalue weighted by atomic mass is 9.82. The molecule has 1 aliphatic heterocycles. The van der Waals surface area contributed by atoms with Crippen molar-refractivity contribution in [3.8, 4) is 5.75 Å². The fourth-order valence-corrected chi connectivity index (χ4v) is 4.97. The van der Waals surface area contributed by atoms with Crippen LogP contribution in [0.5, 0.6) is 5.75 Å². The van der Waals surface area contributed by atoms with Crippen LogP contribution in [0.15, 0.2) is 16.9 Å². The number of aromatic amines is 1. The van der Waals surface area contributed by atoms with Crippen LogP contribution in [0.25, 0.3) is 0 Å². The van der Waals surface area contributed by atoms with Crippen molar-refractivity contribution in [3.63, 3.8) is 0 Å². The smallest absolute Gasteiger partial charge is 0.417 e. The van der Waals surface area contributed by atoms with Crippen LogP contribution in [0, 0.1) is 18.6 Å². The highest BCUT2D eigenvalue weighted by Crippen LogP contribution is 2.56. The molecule has 2 heterocycles. The van der Waals surface area contributed by atoms with Gasteiger partial charge in [-0.15, -0.1) is 0 Å². The zero-order chi connectivity index (χ0) is 25.7. The van der Waals surface area contributed by atoms with Gasteiger partial charge in [-0.05, 0) is 38.2 Å². The maximum Gasteiger partial charge on any atom is 0.417 e. The molecule has 4 nitrogen and oxygen atoms in total. The number of hydrogen-bond acceptors (Lipinski definition) is 3. The average molecular weight is 488 g/mol. The summed E-state index contributed by atoms with van der Waals surface area (Å²) in [6.45, 7) is 9.90. The molecule has 2 aromatic rings. The van der Waals surface area contributed by atoms with E-state index in [0.717, 1.165) is 20.1 Å². The molecule has 1 N–H and O–H groups in total. The molecule has 0 unspecified atom stereocenters. The van der Waals surface area contributed by atoms with Gasteiger partial charge in [0.1, 0.15) is 6.10 Å². The normalized spacial score (nSPS) is 23.2. The van der Waals surface area contributed by atoms with E-state index in [-0.39, 0.29) is 28.5 Å². The summed E-state index contributed by atoms with van der Waals surface area (Å²) in [4.78, 5) is 16.6. The van der Waals surface area contributed by atoms with Gasteiger partial charge < -0.3 is 14.5 Å². The first-order valence-corrected chi connectivity index (χ1v) is 11.2. The molecule has 1 aliphatic rings. The molecule has 1 aromatic heterocycles. The number of benzene rings is 1. The molecule has 9 heteroatoms. The second kappa shape index (κ2) is 8.98. The van der Waals surface area contributed by atoms with Gasteiger partial charge in [-0.2, -0.15) is 17.6 Å². The Labute approximate surface area is 195 Å². The van der Waals surface area contributed by atoms with Gasteiger partial charge in [0.15, 0.2) is 22.6 Å². The minimum atomic E-state index is -4.74. The quantitative estimate of drug-likeness (QED) is 0.473. The predicted molar refractivity (Wildman–Crippen MR) is 119 cm³/mol. The summed E-state index contributed by atoms with van der Waals surface area (Å²) in [6.07, 6.45) is -6.57. The molecule has 188 valence electrons. The van der Waals surface area contributed by atoms with Gasteiger partial charge in [-0.1, -0.05) is 33.8 Å². The summed E-state index contributed by atoms with van der Waals surface area (Å²) in [5.74, 6) is -4.44. The van der Waals surface area contributed by atoms with Crippen LogP contribution >= 0.6 is 0 Å². The third kappa shape index (κ3) is 4.23. The van der Waals surface area contributed by atoms with E-state index < -0.39 is 47.6 Å². The largest absolute Gasteiger partial charge is 0.493 e. The number of pyridine rings is 1. The summed E-state index contributed by atoms with van der Waals surface area (Å²) >= 11 is 0. The van der Waals surface area contributed by atoms with E-state index in [4.69, 9.17) is 9.47 Å². The van der Waals surface area contributed by atoms with Crippen LogP contribution in [0.2, 0.25) is 0 Å². The van der Waals surface area contributed by atoms with Gasteiger partial charge in [0, 0.05) is 28.3 Å². The third-order valence-electron chi connectivity index (χ3n) is 6.59. The Morgan fingerprint density at radius 2 is 1.71 bits per heavy atom. The highest BCUT2D eigenvalue weighted by atomic mass is 19.4. The van der Waals surface area contributed by atoms with Crippen LogP contribution in [0.3, 0.4) is 0 Å². The molecule has 1 aromatic carbocycles. The van der Waals surface area contributed by atoms with Crippen molar-refractivity contribution < 1.29 is 31.4 Å². The first kappa shape index (κ1) is 26.2. The van der Waals surface area contributed by atoms with Crippen molar-refractivity contribution in [2.45, 2.75) is 83.6 Å². The predicted octanol–water partition coefficient (Wildman–Crippen LogP) is 6.78. The number of H-pyrrole nitrogens is 1. The average Bonchev–Trinajstić information content (AvgIpc) is 3.07. The summed E-state index contributed by atoms with van der Waals surface area (Å²) in [6, 6.07) is 2.07. The standard InChI is InChI=1S/C25H30F5NO3/c1-11(2)17-13(5)31-20(18(12(3)4)21(17)32)23-15(10-24(6,34-23)25(28,29)30)14-8-9-16(26)19(27)22(14)33-7/h8-9,11-12,15,23H,10H2,1-7H3,(H,31,32)/t15-,23+,24+/m0/s1. The van der Waals surface area contributed by atoms with Crippen molar-refractivity contribution in [3.05, 3.63) is 62.1 Å². The number of hydrogen-bond donors (Lipinski definition) is 1. The number of methoxy groups -OCH3 is 1. The van der Waals surface area contributed by atoms with E-state index in [1.165, 1.54) is 6.07 Å². The monoisotopic (exact) mass is 487 g/mol. The Bertz CT molecular complexity index is 1140. The van der Waals surface area contributed by atoms with Gasteiger partial charge >= 0.3 is 6.18 Å². The minimum absolute atomic E-state index is 0.0421. The molecule has 0 saturated carbocycles. The Morgan fingerprint density at radius 3 is 2.21 bits per heavy atom. The van der Waals surface area contributed by atoms with Crippen molar-refractivity contribution in [2.75, 3.05) is 7.11 Å². The van der Waals surface area contributed by atoms with E-state index >= 15 is 0 Å². The van der Waals surface area contributed by atoms with Crippen LogP contribution in [-0.4, -0.2) is 23.9 Å². The molecule has 1 saturated heterocycles. The second-order valence-corrected chi connectivity index (χ2v) is 9.69. The Kier molecular flexibility index (Phi) is 6.92. The van der Waals surface area contributed by atoms with Crippen molar-refractivity contribution in [2.24, 2.45) is 0 Å². The maximum absolute atomic E-state index is 14.5. The van der Waals surface area contributed by atoms with E-state index in [2.05, 4.69) is 4.98 Å². The number of rotatable bonds is 5. The van der Waals surface area contributed by atoms with Gasteiger partial charge in [-0.3, -0.25) is 4.79 Å². The number of halogens is 5. The lowest BCUT2D eigenvalue weighted by Gasteiger charge is -2.28. The summed E-state index contributed by atoms with van der Waals surface area (Å²) in [7, 11) is 1.12. The van der Waals surface area contributed by atoms with E-state index in [9.17, 15) is 26.7 Å². The summed E-state index contributed by atoms with van der Waals surface area (Å²) in [5.41, 5.74) is -1.18. The highest BCUT2D eigenvalue weighted by Gasteiger charge is 2.61. The van der Waals surface area contributed by atoms with Crippen LogP contribution < -0.4 is 10.2 Å². The lowest BCUT2D eigenvalue weighted by molar-refractivity contribution is -0.265. The van der Waals surface area contributed by atoms with E-state index in [1.807, 2.05) is 13.8 Å². The number of alkyl halides is 3. The fraction of sp³-hybridized carbons (Fsp3) is 0.560. The molecule has 0 amide bonds. The van der Waals surface area contributed by atoms with Gasteiger partial charge in [0.25, 0.3) is 0 Å². The number of ether oxygens (including phenoxy) is 2. The van der Waals surface area contributed by atoms with E-state index in [0.29, 0.717) is 16.8 Å². The van der Waals surface area contributed by atoms with Crippen LogP contribution in [0.1, 0.15) is 93.0 Å². The van der Waals surface area contributed by atoms with Crippen molar-refractivity contribution >= 4 is 0 Å². The van der Waals surface area contributed by atoms with Gasteiger partial charge in [0.2, 0.25) is 5.82 Å². The second-order valence-electron chi connectivity index (χ2n) is 9.69. The van der Waals surface area contributed by atoms with Crippen molar-refractivity contribution in [1.29, 1.82) is 0 Å². The van der Waals surface area contributed by atoms with Crippen LogP contribution in [0.4, 0.5) is 22.0 Å². The number of aromatic nitrogens is 1. The maximum atomic E-state index is 14.5. The van der Waals surface area contributed by atoms with Gasteiger partial charge in [0.05, 0.1) is 12.8 Å². The Hall–Kier alpha value is -2.42. The highest BCUT2D eigenvalue weighted by molar-refractivity contribution is 5.43. The molecule has 0 spiro atoms. The summed E-state index contributed by atoms with van der Waals surface area (Å²) < 4.78 is 81.4. The first-order valence-electron chi connectivity index (χ1n) is 11.2. The molecule has 3 atom stereocenters. The Balaban J connectivity index is 2.33. The van der Waals surface area contributed by atoms with E-state index in [1.54, 1.807) is 20.8 Å². The summed E-state index contributed by atoms with van der Waals surface area (Å²) in [5, 5.41) is 0. The first-order chi connectivity index (χ1) is 15.6. The van der Waals surface area contributed by atoms with Crippen LogP contribution in [-0.2, 0) is 4.74 Å².